The molecule has 0 aliphatic heterocycles. The molecule has 1 heterocycles. The van der Waals surface area contributed by atoms with E-state index >= 15 is 0 Å². The number of amides is 1. The van der Waals surface area contributed by atoms with Gasteiger partial charge in [0, 0.05) is 23.0 Å². The monoisotopic (exact) mass is 383 g/mol. The van der Waals surface area contributed by atoms with E-state index in [-0.39, 0.29) is 11.9 Å². The topological polar surface area (TPSA) is 59.2 Å². The van der Waals surface area contributed by atoms with E-state index in [9.17, 15) is 4.79 Å². The predicted molar refractivity (Wildman–Crippen MR) is 105 cm³/mol. The van der Waals surface area contributed by atoms with Gasteiger partial charge in [0.25, 0.3) is 0 Å². The summed E-state index contributed by atoms with van der Waals surface area (Å²) >= 11 is 5.91. The Bertz CT molecular complexity index is 876. The van der Waals surface area contributed by atoms with Gasteiger partial charge in [-0.15, -0.1) is 0 Å². The maximum absolute atomic E-state index is 12.7. The highest BCUT2D eigenvalue weighted by molar-refractivity contribution is 6.30. The Kier molecular flexibility index (Phi) is 6.24. The van der Waals surface area contributed by atoms with E-state index in [4.69, 9.17) is 16.1 Å². The SMILES string of the molecule is CC(C)N(Cc1nc(-c2ccc(Cl)cc2)no1)C(=O)CCc1ccccc1. The molecule has 6 heteroatoms. The van der Waals surface area contributed by atoms with Gasteiger partial charge in [-0.25, -0.2) is 0 Å². The Morgan fingerprint density at radius 2 is 1.81 bits per heavy atom. The smallest absolute Gasteiger partial charge is 0.246 e. The second kappa shape index (κ2) is 8.82. The number of halogens is 1. The van der Waals surface area contributed by atoms with E-state index in [0.717, 1.165) is 11.1 Å². The van der Waals surface area contributed by atoms with E-state index in [2.05, 4.69) is 10.1 Å². The van der Waals surface area contributed by atoms with Gasteiger partial charge >= 0.3 is 0 Å². The van der Waals surface area contributed by atoms with Crippen molar-refractivity contribution < 1.29 is 9.32 Å². The summed E-state index contributed by atoms with van der Waals surface area (Å²) in [7, 11) is 0. The number of nitrogens with zero attached hydrogens (tertiary/aromatic N) is 3. The molecule has 0 saturated carbocycles. The maximum Gasteiger partial charge on any atom is 0.246 e. The van der Waals surface area contributed by atoms with Crippen molar-refractivity contribution in [2.45, 2.75) is 39.3 Å². The number of benzene rings is 2. The summed E-state index contributed by atoms with van der Waals surface area (Å²) < 4.78 is 5.35. The fourth-order valence-corrected chi connectivity index (χ4v) is 2.91. The molecule has 2 aromatic carbocycles. The summed E-state index contributed by atoms with van der Waals surface area (Å²) in [5, 5.41) is 4.66. The van der Waals surface area contributed by atoms with Gasteiger partial charge in [0.15, 0.2) is 0 Å². The molecule has 0 radical (unpaired) electrons. The first kappa shape index (κ1) is 19.1. The number of carbonyl (C=O) groups is 1. The van der Waals surface area contributed by atoms with Crippen LogP contribution >= 0.6 is 11.6 Å². The summed E-state index contributed by atoms with van der Waals surface area (Å²) in [6, 6.07) is 17.3. The van der Waals surface area contributed by atoms with Crippen LogP contribution in [0.5, 0.6) is 0 Å². The van der Waals surface area contributed by atoms with Gasteiger partial charge in [-0.3, -0.25) is 4.79 Å². The summed E-state index contributed by atoms with van der Waals surface area (Å²) in [5.41, 5.74) is 1.97. The van der Waals surface area contributed by atoms with Gasteiger partial charge in [0.2, 0.25) is 17.6 Å². The Hall–Kier alpha value is -2.66. The fraction of sp³-hybridized carbons (Fsp3) is 0.286. The highest BCUT2D eigenvalue weighted by atomic mass is 35.5. The van der Waals surface area contributed by atoms with Gasteiger partial charge in [-0.2, -0.15) is 4.98 Å². The molecule has 0 spiro atoms. The van der Waals surface area contributed by atoms with Crippen LogP contribution in [0.15, 0.2) is 59.1 Å². The zero-order valence-electron chi connectivity index (χ0n) is 15.4. The van der Waals surface area contributed by atoms with Crippen molar-refractivity contribution >= 4 is 17.5 Å². The van der Waals surface area contributed by atoms with Crippen LogP contribution in [0.1, 0.15) is 31.7 Å². The highest BCUT2D eigenvalue weighted by Crippen LogP contribution is 2.19. The molecule has 1 aromatic heterocycles. The minimum atomic E-state index is 0.0409. The van der Waals surface area contributed by atoms with Crippen molar-refractivity contribution in [1.82, 2.24) is 15.0 Å². The first-order valence-corrected chi connectivity index (χ1v) is 9.32. The van der Waals surface area contributed by atoms with Crippen LogP contribution in [-0.2, 0) is 17.8 Å². The van der Waals surface area contributed by atoms with Crippen molar-refractivity contribution in [2.24, 2.45) is 0 Å². The summed E-state index contributed by atoms with van der Waals surface area (Å²) in [6.45, 7) is 4.26. The molecule has 0 aliphatic rings. The lowest BCUT2D eigenvalue weighted by atomic mass is 10.1. The molecule has 0 unspecified atom stereocenters. The van der Waals surface area contributed by atoms with Crippen molar-refractivity contribution in [3.8, 4) is 11.4 Å². The van der Waals surface area contributed by atoms with Crippen molar-refractivity contribution in [3.63, 3.8) is 0 Å². The van der Waals surface area contributed by atoms with E-state index in [1.165, 1.54) is 0 Å². The Balaban J connectivity index is 1.65. The number of rotatable bonds is 7. The van der Waals surface area contributed by atoms with Crippen LogP contribution in [0.3, 0.4) is 0 Å². The van der Waals surface area contributed by atoms with E-state index in [1.807, 2.05) is 56.3 Å². The molecule has 5 nitrogen and oxygen atoms in total. The van der Waals surface area contributed by atoms with Crippen molar-refractivity contribution in [3.05, 3.63) is 71.1 Å². The quantitative estimate of drug-likeness (QED) is 0.590. The summed E-state index contributed by atoms with van der Waals surface area (Å²) in [5.74, 6) is 0.976. The maximum atomic E-state index is 12.7. The average Bonchev–Trinajstić information content (AvgIpc) is 3.14. The van der Waals surface area contributed by atoms with Gasteiger partial charge in [0.1, 0.15) is 6.54 Å². The van der Waals surface area contributed by atoms with Crippen molar-refractivity contribution in [2.75, 3.05) is 0 Å². The normalized spacial score (nSPS) is 11.0. The van der Waals surface area contributed by atoms with Gasteiger partial charge in [-0.1, -0.05) is 47.1 Å². The average molecular weight is 384 g/mol. The minimum absolute atomic E-state index is 0.0409. The molecule has 0 fully saturated rings. The summed E-state index contributed by atoms with van der Waals surface area (Å²) in [6.07, 6.45) is 1.16. The van der Waals surface area contributed by atoms with Gasteiger partial charge in [-0.05, 0) is 50.1 Å². The van der Waals surface area contributed by atoms with Crippen LogP contribution in [0, 0.1) is 0 Å². The minimum Gasteiger partial charge on any atom is -0.337 e. The first-order chi connectivity index (χ1) is 13.0. The fourth-order valence-electron chi connectivity index (χ4n) is 2.78. The molecular formula is C21H22ClN3O2. The zero-order valence-corrected chi connectivity index (χ0v) is 16.2. The first-order valence-electron chi connectivity index (χ1n) is 8.95. The molecule has 0 aliphatic carbocycles. The van der Waals surface area contributed by atoms with Crippen LogP contribution in [0.2, 0.25) is 5.02 Å². The molecule has 140 valence electrons. The van der Waals surface area contributed by atoms with E-state index in [1.54, 1.807) is 17.0 Å². The molecule has 0 N–H and O–H groups in total. The van der Waals surface area contributed by atoms with E-state index in [0.29, 0.717) is 36.1 Å². The molecule has 0 atom stereocenters. The lowest BCUT2D eigenvalue weighted by molar-refractivity contribution is -0.133. The standard InChI is InChI=1S/C21H22ClN3O2/c1-15(2)25(20(26)13-8-16-6-4-3-5-7-16)14-19-23-21(24-27-19)17-9-11-18(22)12-10-17/h3-7,9-12,15H,8,13-14H2,1-2H3. The third-order valence-electron chi connectivity index (χ3n) is 4.29. The number of aromatic nitrogens is 2. The Morgan fingerprint density at radius 1 is 1.11 bits per heavy atom. The molecular weight excluding hydrogens is 362 g/mol. The second-order valence-electron chi connectivity index (χ2n) is 6.62. The molecule has 0 saturated heterocycles. The highest BCUT2D eigenvalue weighted by Gasteiger charge is 2.20. The second-order valence-corrected chi connectivity index (χ2v) is 7.06. The summed E-state index contributed by atoms with van der Waals surface area (Å²) in [4.78, 5) is 18.9. The Labute approximate surface area is 164 Å². The van der Waals surface area contributed by atoms with Crippen LogP contribution in [0.25, 0.3) is 11.4 Å². The molecule has 3 rings (SSSR count). The van der Waals surface area contributed by atoms with E-state index < -0.39 is 0 Å². The molecule has 3 aromatic rings. The molecule has 1 amide bonds. The molecule has 27 heavy (non-hydrogen) atoms. The molecule has 0 bridgehead atoms. The van der Waals surface area contributed by atoms with Gasteiger partial charge < -0.3 is 9.42 Å². The largest absolute Gasteiger partial charge is 0.337 e. The number of hydrogen-bond donors (Lipinski definition) is 0. The third-order valence-corrected chi connectivity index (χ3v) is 4.54. The number of aryl methyl sites for hydroxylation is 1. The Morgan fingerprint density at radius 3 is 2.48 bits per heavy atom. The van der Waals surface area contributed by atoms with Crippen molar-refractivity contribution in [1.29, 1.82) is 0 Å². The predicted octanol–water partition coefficient (Wildman–Crippen LogP) is 4.76. The number of hydrogen-bond acceptors (Lipinski definition) is 4. The van der Waals surface area contributed by atoms with Crippen LogP contribution in [0.4, 0.5) is 0 Å². The van der Waals surface area contributed by atoms with Gasteiger partial charge in [0.05, 0.1) is 0 Å². The van der Waals surface area contributed by atoms with Crippen LogP contribution in [-0.4, -0.2) is 27.0 Å². The lowest BCUT2D eigenvalue weighted by Crippen LogP contribution is -2.36. The zero-order chi connectivity index (χ0) is 19.2. The number of carbonyl (C=O) groups excluding carboxylic acids is 1. The lowest BCUT2D eigenvalue weighted by Gasteiger charge is -2.25. The third kappa shape index (κ3) is 5.17. The van der Waals surface area contributed by atoms with Crippen LogP contribution < -0.4 is 0 Å².